The van der Waals surface area contributed by atoms with Gasteiger partial charge in [-0.05, 0) is 74.0 Å². The average molecular weight is 372 g/mol. The summed E-state index contributed by atoms with van der Waals surface area (Å²) in [6, 6.07) is 16.5. The largest absolute Gasteiger partial charge is 0.355 e. The van der Waals surface area contributed by atoms with Crippen LogP contribution in [0.25, 0.3) is 0 Å². The van der Waals surface area contributed by atoms with E-state index < -0.39 is 5.41 Å². The highest BCUT2D eigenvalue weighted by molar-refractivity contribution is 6.09. The lowest BCUT2D eigenvalue weighted by Crippen LogP contribution is -2.27. The van der Waals surface area contributed by atoms with Crippen molar-refractivity contribution in [3.05, 3.63) is 78.1 Å². The van der Waals surface area contributed by atoms with Gasteiger partial charge >= 0.3 is 0 Å². The summed E-state index contributed by atoms with van der Waals surface area (Å²) < 4.78 is 0. The summed E-state index contributed by atoms with van der Waals surface area (Å²) in [7, 11) is 0. The zero-order valence-electron chi connectivity index (χ0n) is 15.6. The molecule has 0 spiro atoms. The van der Waals surface area contributed by atoms with E-state index in [1.807, 2.05) is 50.2 Å². The second-order valence-electron chi connectivity index (χ2n) is 7.23. The number of nitrogens with one attached hydrogen (secondary N) is 3. The Bertz CT molecular complexity index is 1040. The summed E-state index contributed by atoms with van der Waals surface area (Å²) in [4.78, 5) is 28.7. The van der Waals surface area contributed by atoms with E-state index in [2.05, 4.69) is 20.9 Å². The summed E-state index contributed by atoms with van der Waals surface area (Å²) in [5.41, 5.74) is 4.01. The molecule has 2 amide bonds. The maximum absolute atomic E-state index is 12.6. The molecule has 1 aromatic heterocycles. The van der Waals surface area contributed by atoms with Crippen LogP contribution in [0.2, 0.25) is 0 Å². The fourth-order valence-corrected chi connectivity index (χ4v) is 3.15. The molecule has 2 heterocycles. The molecule has 1 aliphatic rings. The van der Waals surface area contributed by atoms with Crippen LogP contribution in [0, 0.1) is 0 Å². The Morgan fingerprint density at radius 3 is 2.29 bits per heavy atom. The molecule has 0 atom stereocenters. The van der Waals surface area contributed by atoms with E-state index in [1.54, 1.807) is 30.6 Å². The number of rotatable bonds is 4. The van der Waals surface area contributed by atoms with Crippen LogP contribution >= 0.6 is 0 Å². The molecule has 0 unspecified atom stereocenters. The van der Waals surface area contributed by atoms with E-state index in [0.29, 0.717) is 11.3 Å². The maximum Gasteiger partial charge on any atom is 0.255 e. The summed E-state index contributed by atoms with van der Waals surface area (Å²) >= 11 is 0. The lowest BCUT2D eigenvalue weighted by molar-refractivity contribution is -0.119. The second kappa shape index (κ2) is 6.81. The molecule has 28 heavy (non-hydrogen) atoms. The van der Waals surface area contributed by atoms with Gasteiger partial charge in [-0.25, -0.2) is 0 Å². The van der Waals surface area contributed by atoms with Crippen molar-refractivity contribution in [2.45, 2.75) is 19.3 Å². The van der Waals surface area contributed by atoms with E-state index >= 15 is 0 Å². The highest BCUT2D eigenvalue weighted by atomic mass is 16.2. The van der Waals surface area contributed by atoms with E-state index in [4.69, 9.17) is 0 Å². The number of pyridine rings is 1. The van der Waals surface area contributed by atoms with Crippen LogP contribution in [-0.4, -0.2) is 16.8 Å². The zero-order chi connectivity index (χ0) is 19.7. The molecule has 3 aromatic rings. The van der Waals surface area contributed by atoms with Crippen LogP contribution in [0.5, 0.6) is 0 Å². The number of benzene rings is 2. The SMILES string of the molecule is CC1(C)C(=O)Nc2ccc(C(=O)Nc3ccc(Nc4ccncc4)cc3)cc21. The first-order chi connectivity index (χ1) is 13.4. The summed E-state index contributed by atoms with van der Waals surface area (Å²) in [6.45, 7) is 3.70. The number of hydrogen-bond acceptors (Lipinski definition) is 4. The lowest BCUT2D eigenvalue weighted by Gasteiger charge is -2.15. The average Bonchev–Trinajstić information content (AvgIpc) is 2.92. The van der Waals surface area contributed by atoms with Crippen molar-refractivity contribution in [3.63, 3.8) is 0 Å². The van der Waals surface area contributed by atoms with Gasteiger partial charge in [0.25, 0.3) is 5.91 Å². The van der Waals surface area contributed by atoms with Crippen molar-refractivity contribution in [3.8, 4) is 0 Å². The fourth-order valence-electron chi connectivity index (χ4n) is 3.15. The zero-order valence-corrected chi connectivity index (χ0v) is 15.6. The molecule has 6 heteroatoms. The minimum Gasteiger partial charge on any atom is -0.355 e. The number of fused-ring (bicyclic) bond motifs is 1. The Morgan fingerprint density at radius 2 is 1.57 bits per heavy atom. The highest BCUT2D eigenvalue weighted by Gasteiger charge is 2.38. The van der Waals surface area contributed by atoms with Crippen molar-refractivity contribution >= 4 is 34.6 Å². The number of nitrogens with zero attached hydrogens (tertiary/aromatic N) is 1. The van der Waals surface area contributed by atoms with Crippen molar-refractivity contribution in [2.75, 3.05) is 16.0 Å². The molecule has 0 radical (unpaired) electrons. The van der Waals surface area contributed by atoms with Gasteiger partial charge in [0.15, 0.2) is 0 Å². The van der Waals surface area contributed by atoms with Gasteiger partial charge in [-0.1, -0.05) is 0 Å². The van der Waals surface area contributed by atoms with Gasteiger partial charge in [0.05, 0.1) is 5.41 Å². The summed E-state index contributed by atoms with van der Waals surface area (Å²) in [6.07, 6.45) is 3.44. The molecule has 1 aliphatic heterocycles. The van der Waals surface area contributed by atoms with Gasteiger partial charge in [-0.15, -0.1) is 0 Å². The van der Waals surface area contributed by atoms with Gasteiger partial charge in [-0.3, -0.25) is 14.6 Å². The number of anilines is 4. The number of hydrogen-bond donors (Lipinski definition) is 3. The van der Waals surface area contributed by atoms with Gasteiger partial charge in [0.2, 0.25) is 5.91 Å². The quantitative estimate of drug-likeness (QED) is 0.637. The smallest absolute Gasteiger partial charge is 0.255 e. The number of amides is 2. The molecular formula is C22H20N4O2. The van der Waals surface area contributed by atoms with Crippen LogP contribution in [0.3, 0.4) is 0 Å². The molecule has 140 valence electrons. The topological polar surface area (TPSA) is 83.1 Å². The molecule has 3 N–H and O–H groups in total. The van der Waals surface area contributed by atoms with Crippen LogP contribution in [-0.2, 0) is 10.2 Å². The minimum absolute atomic E-state index is 0.0580. The standard InChI is InChI=1S/C22H20N4O2/c1-22(2)18-13-14(3-8-19(18)26-21(22)28)20(27)25-16-6-4-15(5-7-16)24-17-9-11-23-12-10-17/h3-13H,1-2H3,(H,23,24)(H,25,27)(H,26,28). The van der Waals surface area contributed by atoms with Crippen molar-refractivity contribution in [1.82, 2.24) is 4.98 Å². The Balaban J connectivity index is 1.47. The Kier molecular flexibility index (Phi) is 4.31. The lowest BCUT2D eigenvalue weighted by atomic mass is 9.85. The third-order valence-corrected chi connectivity index (χ3v) is 4.88. The number of aromatic nitrogens is 1. The highest BCUT2D eigenvalue weighted by Crippen LogP contribution is 2.37. The van der Waals surface area contributed by atoms with Crippen LogP contribution < -0.4 is 16.0 Å². The molecule has 0 saturated heterocycles. The predicted molar refractivity (Wildman–Crippen MR) is 110 cm³/mol. The van der Waals surface area contributed by atoms with E-state index in [9.17, 15) is 9.59 Å². The normalized spacial score (nSPS) is 14.1. The third kappa shape index (κ3) is 3.32. The number of carbonyl (C=O) groups is 2. The first kappa shape index (κ1) is 17.7. The van der Waals surface area contributed by atoms with Crippen LogP contribution in [0.15, 0.2) is 67.0 Å². The molecule has 0 aliphatic carbocycles. The van der Waals surface area contributed by atoms with Crippen LogP contribution in [0.1, 0.15) is 29.8 Å². The van der Waals surface area contributed by atoms with Gasteiger partial charge in [0, 0.05) is 40.7 Å². The second-order valence-corrected chi connectivity index (χ2v) is 7.23. The fraction of sp³-hybridized carbons (Fsp3) is 0.136. The van der Waals surface area contributed by atoms with Gasteiger partial charge in [-0.2, -0.15) is 0 Å². The monoisotopic (exact) mass is 372 g/mol. The first-order valence-corrected chi connectivity index (χ1v) is 8.98. The summed E-state index contributed by atoms with van der Waals surface area (Å²) in [5.74, 6) is -0.273. The van der Waals surface area contributed by atoms with Gasteiger partial charge < -0.3 is 16.0 Å². The Labute approximate surface area is 163 Å². The van der Waals surface area contributed by atoms with E-state index in [1.165, 1.54) is 0 Å². The first-order valence-electron chi connectivity index (χ1n) is 8.98. The molecule has 0 saturated carbocycles. The van der Waals surface area contributed by atoms with E-state index in [-0.39, 0.29) is 11.8 Å². The summed E-state index contributed by atoms with van der Waals surface area (Å²) in [5, 5.41) is 9.01. The third-order valence-electron chi connectivity index (χ3n) is 4.88. The molecule has 4 rings (SSSR count). The molecular weight excluding hydrogens is 352 g/mol. The maximum atomic E-state index is 12.6. The van der Waals surface area contributed by atoms with Crippen molar-refractivity contribution in [2.24, 2.45) is 0 Å². The van der Waals surface area contributed by atoms with Crippen LogP contribution in [0.4, 0.5) is 22.7 Å². The molecule has 2 aromatic carbocycles. The Morgan fingerprint density at radius 1 is 0.929 bits per heavy atom. The molecule has 0 fully saturated rings. The van der Waals surface area contributed by atoms with Gasteiger partial charge in [0.1, 0.15) is 0 Å². The molecule has 0 bridgehead atoms. The number of carbonyl (C=O) groups excluding carboxylic acids is 2. The minimum atomic E-state index is -0.647. The van der Waals surface area contributed by atoms with Crippen molar-refractivity contribution in [1.29, 1.82) is 0 Å². The van der Waals surface area contributed by atoms with Crippen molar-refractivity contribution < 1.29 is 9.59 Å². The van der Waals surface area contributed by atoms with E-state index in [0.717, 1.165) is 22.6 Å². The predicted octanol–water partition coefficient (Wildman–Crippen LogP) is 4.31. The molecule has 6 nitrogen and oxygen atoms in total. The Hall–Kier alpha value is -3.67.